The summed E-state index contributed by atoms with van der Waals surface area (Å²) >= 11 is 0. The maximum atomic E-state index is 7.02. The SMILES string of the molecule is C[C@@H]([C@H](OP1N(C)[C@H](c2ccccc2)[C@@H](c2ccccc2)N1C)c1ccccc1)N(C)C. The second-order valence-corrected chi connectivity index (χ2v) is 10.7. The molecule has 1 saturated heterocycles. The van der Waals surface area contributed by atoms with Crippen LogP contribution in [0.15, 0.2) is 91.0 Å². The standard InChI is InChI=1S/C27H34N3OP/c1-21(28(2)3)27(24-19-13-8-14-20-24)31-32-29(4)25(22-15-9-6-10-16-22)26(30(32)5)23-17-11-7-12-18-23/h6-21,25-27H,1-5H3/t21-,25+,26+,27-/m0/s1. The summed E-state index contributed by atoms with van der Waals surface area (Å²) in [5.74, 6) is 0. The summed E-state index contributed by atoms with van der Waals surface area (Å²) in [5.41, 5.74) is 3.86. The molecule has 0 saturated carbocycles. The highest BCUT2D eigenvalue weighted by atomic mass is 31.2. The van der Waals surface area contributed by atoms with Crippen LogP contribution in [0.5, 0.6) is 0 Å². The van der Waals surface area contributed by atoms with Crippen molar-refractivity contribution < 1.29 is 4.52 Å². The van der Waals surface area contributed by atoms with Crippen LogP contribution in [0.25, 0.3) is 0 Å². The molecule has 0 spiro atoms. The smallest absolute Gasteiger partial charge is 0.189 e. The Morgan fingerprint density at radius 1 is 0.719 bits per heavy atom. The predicted molar refractivity (Wildman–Crippen MR) is 134 cm³/mol. The van der Waals surface area contributed by atoms with Crippen molar-refractivity contribution in [3.8, 4) is 0 Å². The van der Waals surface area contributed by atoms with E-state index in [4.69, 9.17) is 4.52 Å². The van der Waals surface area contributed by atoms with Gasteiger partial charge < -0.3 is 9.42 Å². The average Bonchev–Trinajstić information content (AvgIpc) is 3.08. The van der Waals surface area contributed by atoms with Crippen LogP contribution in [0.4, 0.5) is 0 Å². The quantitative estimate of drug-likeness (QED) is 0.397. The molecule has 4 nitrogen and oxygen atoms in total. The van der Waals surface area contributed by atoms with Crippen LogP contribution in [0.3, 0.4) is 0 Å². The van der Waals surface area contributed by atoms with Gasteiger partial charge in [-0.3, -0.25) is 0 Å². The van der Waals surface area contributed by atoms with Gasteiger partial charge in [0, 0.05) is 6.04 Å². The van der Waals surface area contributed by atoms with Crippen molar-refractivity contribution in [1.82, 2.24) is 14.2 Å². The molecule has 0 radical (unpaired) electrons. The molecular weight excluding hydrogens is 413 g/mol. The molecule has 0 bridgehead atoms. The topological polar surface area (TPSA) is 19.0 Å². The number of rotatable bonds is 7. The highest BCUT2D eigenvalue weighted by Gasteiger charge is 2.47. The van der Waals surface area contributed by atoms with Crippen LogP contribution >= 0.6 is 8.45 Å². The zero-order chi connectivity index (χ0) is 22.7. The molecule has 1 aliphatic rings. The molecule has 168 valence electrons. The Hall–Kier alpha value is -2.07. The third-order valence-electron chi connectivity index (χ3n) is 6.51. The summed E-state index contributed by atoms with van der Waals surface area (Å²) < 4.78 is 11.9. The molecule has 1 fully saturated rings. The normalized spacial score (nSPS) is 22.3. The molecule has 5 heteroatoms. The van der Waals surface area contributed by atoms with Gasteiger partial charge in [0.15, 0.2) is 8.45 Å². The van der Waals surface area contributed by atoms with E-state index in [1.807, 2.05) is 0 Å². The molecule has 4 rings (SSSR count). The minimum Gasteiger partial charge on any atom is -0.321 e. The highest BCUT2D eigenvalue weighted by Crippen LogP contribution is 2.64. The Labute approximate surface area is 194 Å². The van der Waals surface area contributed by atoms with Crippen molar-refractivity contribution in [2.24, 2.45) is 0 Å². The molecule has 3 aromatic rings. The summed E-state index contributed by atoms with van der Waals surface area (Å²) in [6, 6.07) is 33.0. The molecule has 1 heterocycles. The van der Waals surface area contributed by atoms with Crippen molar-refractivity contribution >= 4 is 8.45 Å². The van der Waals surface area contributed by atoms with Gasteiger partial charge in [0.05, 0.1) is 12.1 Å². The van der Waals surface area contributed by atoms with E-state index in [2.05, 4.69) is 140 Å². The lowest BCUT2D eigenvalue weighted by molar-refractivity contribution is 0.108. The van der Waals surface area contributed by atoms with Crippen molar-refractivity contribution in [3.05, 3.63) is 108 Å². The number of nitrogens with zero attached hydrogens (tertiary/aromatic N) is 3. The molecule has 4 atom stereocenters. The molecule has 0 aliphatic carbocycles. The molecule has 0 aromatic heterocycles. The lowest BCUT2D eigenvalue weighted by atomic mass is 9.93. The molecular formula is C27H34N3OP. The first-order valence-electron chi connectivity index (χ1n) is 11.2. The van der Waals surface area contributed by atoms with Gasteiger partial charge in [-0.2, -0.15) is 0 Å². The fraction of sp³-hybridized carbons (Fsp3) is 0.333. The van der Waals surface area contributed by atoms with E-state index in [1.165, 1.54) is 16.7 Å². The third kappa shape index (κ3) is 4.66. The zero-order valence-electron chi connectivity index (χ0n) is 19.7. The second-order valence-electron chi connectivity index (χ2n) is 8.75. The van der Waals surface area contributed by atoms with Gasteiger partial charge in [0.2, 0.25) is 0 Å². The first-order chi connectivity index (χ1) is 15.5. The number of hydrogen-bond donors (Lipinski definition) is 0. The summed E-state index contributed by atoms with van der Waals surface area (Å²) in [6.07, 6.45) is -0.0202. The molecule has 0 unspecified atom stereocenters. The van der Waals surface area contributed by atoms with E-state index in [1.54, 1.807) is 0 Å². The molecule has 32 heavy (non-hydrogen) atoms. The summed E-state index contributed by atoms with van der Waals surface area (Å²) in [5, 5.41) is 0. The third-order valence-corrected chi connectivity index (χ3v) is 8.51. The fourth-order valence-corrected chi connectivity index (χ4v) is 6.72. The van der Waals surface area contributed by atoms with Gasteiger partial charge in [0.1, 0.15) is 6.10 Å². The van der Waals surface area contributed by atoms with Gasteiger partial charge in [-0.05, 0) is 51.8 Å². The minimum atomic E-state index is -0.974. The zero-order valence-corrected chi connectivity index (χ0v) is 20.6. The second kappa shape index (κ2) is 10.2. The van der Waals surface area contributed by atoms with Crippen LogP contribution < -0.4 is 0 Å². The summed E-state index contributed by atoms with van der Waals surface area (Å²) in [7, 11) is 7.70. The van der Waals surface area contributed by atoms with Crippen LogP contribution in [-0.2, 0) is 4.52 Å². The van der Waals surface area contributed by atoms with Gasteiger partial charge in [-0.25, -0.2) is 9.34 Å². The van der Waals surface area contributed by atoms with E-state index in [-0.39, 0.29) is 24.2 Å². The number of benzene rings is 3. The van der Waals surface area contributed by atoms with Crippen molar-refractivity contribution in [3.63, 3.8) is 0 Å². The van der Waals surface area contributed by atoms with E-state index >= 15 is 0 Å². The fourth-order valence-electron chi connectivity index (χ4n) is 4.53. The van der Waals surface area contributed by atoms with Crippen LogP contribution in [0.1, 0.15) is 41.8 Å². The molecule has 0 N–H and O–H groups in total. The van der Waals surface area contributed by atoms with Crippen molar-refractivity contribution in [2.45, 2.75) is 31.2 Å². The highest BCUT2D eigenvalue weighted by molar-refractivity contribution is 7.47. The van der Waals surface area contributed by atoms with Gasteiger partial charge >= 0.3 is 0 Å². The van der Waals surface area contributed by atoms with Crippen molar-refractivity contribution in [1.29, 1.82) is 0 Å². The lowest BCUT2D eigenvalue weighted by Gasteiger charge is -2.35. The lowest BCUT2D eigenvalue weighted by Crippen LogP contribution is -2.33. The predicted octanol–water partition coefficient (Wildman–Crippen LogP) is 6.28. The first kappa shape index (κ1) is 23.1. The van der Waals surface area contributed by atoms with E-state index in [9.17, 15) is 0 Å². The Bertz CT molecular complexity index is 918. The maximum Gasteiger partial charge on any atom is 0.189 e. The molecule has 0 amide bonds. The van der Waals surface area contributed by atoms with E-state index < -0.39 is 8.45 Å². The first-order valence-corrected chi connectivity index (χ1v) is 12.4. The Kier molecular flexibility index (Phi) is 7.40. The molecule has 3 aromatic carbocycles. The Morgan fingerprint density at radius 2 is 1.12 bits per heavy atom. The Balaban J connectivity index is 1.72. The number of hydrogen-bond acceptors (Lipinski definition) is 4. The van der Waals surface area contributed by atoms with E-state index in [0.717, 1.165) is 0 Å². The maximum absolute atomic E-state index is 7.02. The largest absolute Gasteiger partial charge is 0.321 e. The monoisotopic (exact) mass is 447 g/mol. The van der Waals surface area contributed by atoms with Gasteiger partial charge in [-0.1, -0.05) is 91.0 Å². The van der Waals surface area contributed by atoms with Crippen molar-refractivity contribution in [2.75, 3.05) is 28.2 Å². The van der Waals surface area contributed by atoms with Crippen LogP contribution in [-0.4, -0.2) is 48.5 Å². The van der Waals surface area contributed by atoms with Gasteiger partial charge in [-0.15, -0.1) is 0 Å². The van der Waals surface area contributed by atoms with E-state index in [0.29, 0.717) is 0 Å². The average molecular weight is 448 g/mol. The summed E-state index contributed by atoms with van der Waals surface area (Å²) in [6.45, 7) is 2.24. The summed E-state index contributed by atoms with van der Waals surface area (Å²) in [4.78, 5) is 2.24. The number of likely N-dealkylation sites (N-methyl/N-ethyl adjacent to an activating group) is 3. The van der Waals surface area contributed by atoms with Gasteiger partial charge in [0.25, 0.3) is 0 Å². The van der Waals surface area contributed by atoms with Crippen LogP contribution in [0, 0.1) is 0 Å². The Morgan fingerprint density at radius 3 is 1.53 bits per heavy atom. The molecule has 1 aliphatic heterocycles. The minimum absolute atomic E-state index is 0.0202. The van der Waals surface area contributed by atoms with Crippen LogP contribution in [0.2, 0.25) is 0 Å².